The van der Waals surface area contributed by atoms with Crippen LogP contribution in [-0.4, -0.2) is 18.0 Å². The highest BCUT2D eigenvalue weighted by Gasteiger charge is 2.21. The minimum absolute atomic E-state index is 0.0174. The maximum Gasteiger partial charge on any atom is 0.252 e. The van der Waals surface area contributed by atoms with Crippen molar-refractivity contribution in [3.63, 3.8) is 0 Å². The number of rotatable bonds is 5. The fraction of sp³-hybridized carbons (Fsp3) is 0.444. The molecule has 1 aromatic heterocycles. The zero-order valence-electron chi connectivity index (χ0n) is 14.3. The van der Waals surface area contributed by atoms with Crippen molar-refractivity contribution in [3.05, 3.63) is 51.5 Å². The standard InChI is InChI=1S/C18H24N2O2S/c1-12(17-20-15(11-23-17)18(2,3)4)19-16(21)14-9-7-6-8-13(14)10-22-5/h6-9,11-12H,10H2,1-5H3,(H,19,21)/t12-/m0/s1. The van der Waals surface area contributed by atoms with Crippen molar-refractivity contribution < 1.29 is 9.53 Å². The van der Waals surface area contributed by atoms with E-state index in [9.17, 15) is 4.79 Å². The van der Waals surface area contributed by atoms with Gasteiger partial charge in [0.25, 0.3) is 5.91 Å². The quantitative estimate of drug-likeness (QED) is 0.897. The first-order valence-corrected chi connectivity index (χ1v) is 8.54. The van der Waals surface area contributed by atoms with Crippen LogP contribution in [0.2, 0.25) is 0 Å². The Balaban J connectivity index is 2.12. The van der Waals surface area contributed by atoms with Crippen LogP contribution in [0, 0.1) is 0 Å². The van der Waals surface area contributed by atoms with E-state index in [1.807, 2.05) is 31.2 Å². The second kappa shape index (κ2) is 7.23. The number of thiazole rings is 1. The topological polar surface area (TPSA) is 51.2 Å². The summed E-state index contributed by atoms with van der Waals surface area (Å²) < 4.78 is 5.16. The van der Waals surface area contributed by atoms with E-state index in [2.05, 4.69) is 36.5 Å². The van der Waals surface area contributed by atoms with E-state index in [4.69, 9.17) is 4.74 Å². The van der Waals surface area contributed by atoms with Gasteiger partial charge >= 0.3 is 0 Å². The molecular weight excluding hydrogens is 308 g/mol. The Morgan fingerprint density at radius 3 is 2.65 bits per heavy atom. The van der Waals surface area contributed by atoms with E-state index in [-0.39, 0.29) is 17.4 Å². The van der Waals surface area contributed by atoms with Gasteiger partial charge in [-0.3, -0.25) is 4.79 Å². The lowest BCUT2D eigenvalue weighted by molar-refractivity contribution is 0.0935. The number of methoxy groups -OCH3 is 1. The molecule has 0 fully saturated rings. The van der Waals surface area contributed by atoms with Gasteiger partial charge in [0.2, 0.25) is 0 Å². The summed E-state index contributed by atoms with van der Waals surface area (Å²) in [5, 5.41) is 6.02. The molecule has 0 aliphatic heterocycles. The fourth-order valence-electron chi connectivity index (χ4n) is 2.19. The van der Waals surface area contributed by atoms with Crippen LogP contribution >= 0.6 is 11.3 Å². The number of nitrogens with zero attached hydrogens (tertiary/aromatic N) is 1. The molecule has 1 atom stereocenters. The molecule has 0 aliphatic carbocycles. The van der Waals surface area contributed by atoms with Crippen molar-refractivity contribution in [2.45, 2.75) is 45.8 Å². The monoisotopic (exact) mass is 332 g/mol. The molecule has 1 amide bonds. The smallest absolute Gasteiger partial charge is 0.252 e. The van der Waals surface area contributed by atoms with Crippen LogP contribution in [0.5, 0.6) is 0 Å². The van der Waals surface area contributed by atoms with Gasteiger partial charge in [-0.25, -0.2) is 4.98 Å². The van der Waals surface area contributed by atoms with Crippen molar-refractivity contribution in [2.75, 3.05) is 7.11 Å². The van der Waals surface area contributed by atoms with E-state index in [0.29, 0.717) is 12.2 Å². The number of amides is 1. The minimum atomic E-state index is -0.126. The number of carbonyl (C=O) groups excluding carboxylic acids is 1. The average molecular weight is 332 g/mol. The summed E-state index contributed by atoms with van der Waals surface area (Å²) in [7, 11) is 1.63. The van der Waals surface area contributed by atoms with E-state index in [1.54, 1.807) is 18.4 Å². The first kappa shape index (κ1) is 17.6. The third kappa shape index (κ3) is 4.39. The SMILES string of the molecule is COCc1ccccc1C(=O)N[C@@H](C)c1nc(C(C)(C)C)cs1. The van der Waals surface area contributed by atoms with Crippen LogP contribution in [0.3, 0.4) is 0 Å². The molecule has 0 bridgehead atoms. The summed E-state index contributed by atoms with van der Waals surface area (Å²) in [6.45, 7) is 8.79. The summed E-state index contributed by atoms with van der Waals surface area (Å²) in [4.78, 5) is 17.2. The van der Waals surface area contributed by atoms with E-state index < -0.39 is 0 Å². The van der Waals surface area contributed by atoms with Crippen molar-refractivity contribution in [1.29, 1.82) is 0 Å². The maximum absolute atomic E-state index is 12.5. The summed E-state index contributed by atoms with van der Waals surface area (Å²) >= 11 is 1.59. The Bertz CT molecular complexity index is 674. The Labute approximate surface area is 141 Å². The molecule has 0 aliphatic rings. The number of benzene rings is 1. The molecule has 23 heavy (non-hydrogen) atoms. The lowest BCUT2D eigenvalue weighted by Crippen LogP contribution is -2.27. The average Bonchev–Trinajstić information content (AvgIpc) is 2.98. The number of nitrogens with one attached hydrogen (secondary N) is 1. The van der Waals surface area contributed by atoms with Gasteiger partial charge < -0.3 is 10.1 Å². The lowest BCUT2D eigenvalue weighted by atomic mass is 9.93. The molecule has 5 heteroatoms. The van der Waals surface area contributed by atoms with Crippen molar-refractivity contribution in [3.8, 4) is 0 Å². The number of aromatic nitrogens is 1. The minimum Gasteiger partial charge on any atom is -0.380 e. The predicted molar refractivity (Wildman–Crippen MR) is 93.9 cm³/mol. The zero-order valence-corrected chi connectivity index (χ0v) is 15.2. The maximum atomic E-state index is 12.5. The van der Waals surface area contributed by atoms with Gasteiger partial charge in [0.1, 0.15) is 5.01 Å². The first-order chi connectivity index (χ1) is 10.8. The van der Waals surface area contributed by atoms with Crippen molar-refractivity contribution >= 4 is 17.2 Å². The molecule has 0 radical (unpaired) electrons. The highest BCUT2D eigenvalue weighted by molar-refractivity contribution is 7.09. The van der Waals surface area contributed by atoms with Crippen LogP contribution in [0.1, 0.15) is 60.4 Å². The summed E-state index contributed by atoms with van der Waals surface area (Å²) in [5.74, 6) is -0.0994. The zero-order chi connectivity index (χ0) is 17.0. The molecule has 0 spiro atoms. The molecule has 2 aromatic rings. The Morgan fingerprint density at radius 2 is 2.04 bits per heavy atom. The number of ether oxygens (including phenoxy) is 1. The highest BCUT2D eigenvalue weighted by atomic mass is 32.1. The molecule has 0 unspecified atom stereocenters. The van der Waals surface area contributed by atoms with Crippen molar-refractivity contribution in [2.24, 2.45) is 0 Å². The number of hydrogen-bond acceptors (Lipinski definition) is 4. The van der Waals surface area contributed by atoms with Gasteiger partial charge in [0, 0.05) is 23.5 Å². The first-order valence-electron chi connectivity index (χ1n) is 7.66. The molecular formula is C18H24N2O2S. The van der Waals surface area contributed by atoms with Crippen molar-refractivity contribution in [1.82, 2.24) is 10.3 Å². The molecule has 124 valence electrons. The van der Waals surface area contributed by atoms with Crippen LogP contribution in [0.15, 0.2) is 29.6 Å². The summed E-state index contributed by atoms with van der Waals surface area (Å²) in [6.07, 6.45) is 0. The number of carbonyl (C=O) groups is 1. The number of hydrogen-bond donors (Lipinski definition) is 1. The van der Waals surface area contributed by atoms with Crippen LogP contribution < -0.4 is 5.32 Å². The van der Waals surface area contributed by atoms with Gasteiger partial charge in [0.05, 0.1) is 18.3 Å². The van der Waals surface area contributed by atoms with Crippen LogP contribution in [0.4, 0.5) is 0 Å². The van der Waals surface area contributed by atoms with Gasteiger partial charge in [0.15, 0.2) is 0 Å². The van der Waals surface area contributed by atoms with Gasteiger partial charge in [-0.05, 0) is 18.6 Å². The third-order valence-corrected chi connectivity index (χ3v) is 4.60. The summed E-state index contributed by atoms with van der Waals surface area (Å²) in [6, 6.07) is 7.37. The molecule has 2 rings (SSSR count). The third-order valence-electron chi connectivity index (χ3n) is 3.57. The van der Waals surface area contributed by atoms with Gasteiger partial charge in [-0.1, -0.05) is 39.0 Å². The van der Waals surface area contributed by atoms with E-state index >= 15 is 0 Å². The molecule has 1 aromatic carbocycles. The highest BCUT2D eigenvalue weighted by Crippen LogP contribution is 2.27. The largest absolute Gasteiger partial charge is 0.380 e. The van der Waals surface area contributed by atoms with Crippen LogP contribution in [0.25, 0.3) is 0 Å². The Hall–Kier alpha value is -1.72. The second-order valence-electron chi connectivity index (χ2n) is 6.61. The normalized spacial score (nSPS) is 12.9. The fourth-order valence-corrected chi connectivity index (χ4v) is 3.24. The van der Waals surface area contributed by atoms with E-state index in [0.717, 1.165) is 16.3 Å². The van der Waals surface area contributed by atoms with Gasteiger partial charge in [-0.2, -0.15) is 0 Å². The molecule has 0 saturated carbocycles. The van der Waals surface area contributed by atoms with Crippen LogP contribution in [-0.2, 0) is 16.8 Å². The Morgan fingerprint density at radius 1 is 1.35 bits per heavy atom. The lowest BCUT2D eigenvalue weighted by Gasteiger charge is -2.16. The second-order valence-corrected chi connectivity index (χ2v) is 7.50. The molecule has 1 heterocycles. The predicted octanol–water partition coefficient (Wildman–Crippen LogP) is 4.08. The summed E-state index contributed by atoms with van der Waals surface area (Å²) in [5.41, 5.74) is 2.60. The van der Waals surface area contributed by atoms with Gasteiger partial charge in [-0.15, -0.1) is 11.3 Å². The van der Waals surface area contributed by atoms with E-state index in [1.165, 1.54) is 0 Å². The molecule has 4 nitrogen and oxygen atoms in total. The Kier molecular flexibility index (Phi) is 5.55. The molecule has 0 saturated heterocycles. The molecule has 1 N–H and O–H groups in total.